The van der Waals surface area contributed by atoms with Crippen molar-refractivity contribution in [2.45, 2.75) is 26.3 Å². The summed E-state index contributed by atoms with van der Waals surface area (Å²) >= 11 is 3.37. The summed E-state index contributed by atoms with van der Waals surface area (Å²) in [5.41, 5.74) is 0.524. The zero-order valence-corrected chi connectivity index (χ0v) is 10.4. The van der Waals surface area contributed by atoms with Gasteiger partial charge < -0.3 is 4.74 Å². The minimum atomic E-state index is -0.302. The lowest BCUT2D eigenvalue weighted by Crippen LogP contribution is -2.03. The van der Waals surface area contributed by atoms with Crippen molar-refractivity contribution < 1.29 is 9.53 Å². The van der Waals surface area contributed by atoms with Crippen LogP contribution in [0.2, 0.25) is 0 Å². The Morgan fingerprint density at radius 2 is 2.40 bits per heavy atom. The predicted molar refractivity (Wildman–Crippen MR) is 61.2 cm³/mol. The number of ether oxygens (including phenoxy) is 1. The zero-order valence-electron chi connectivity index (χ0n) is 8.78. The third kappa shape index (κ3) is 4.03. The molecule has 0 saturated heterocycles. The standard InChI is InChI=1S/C10H15BrN2O2/c1-2-15-10(14)9-7-12-13(8-9)6-4-3-5-11/h7-8H,2-6H2,1H3. The molecule has 0 bridgehead atoms. The van der Waals surface area contributed by atoms with Crippen LogP contribution in [0.4, 0.5) is 0 Å². The van der Waals surface area contributed by atoms with Gasteiger partial charge in [-0.15, -0.1) is 0 Å². The molecule has 0 aliphatic rings. The van der Waals surface area contributed by atoms with Crippen LogP contribution in [-0.2, 0) is 11.3 Å². The molecule has 1 rings (SSSR count). The Balaban J connectivity index is 2.45. The molecule has 0 radical (unpaired) electrons. The Morgan fingerprint density at radius 1 is 1.60 bits per heavy atom. The molecule has 84 valence electrons. The number of esters is 1. The largest absolute Gasteiger partial charge is 0.462 e. The van der Waals surface area contributed by atoms with Gasteiger partial charge >= 0.3 is 5.97 Å². The Hall–Kier alpha value is -0.840. The van der Waals surface area contributed by atoms with E-state index in [0.717, 1.165) is 24.7 Å². The summed E-state index contributed by atoms with van der Waals surface area (Å²) in [5, 5.41) is 5.09. The summed E-state index contributed by atoms with van der Waals surface area (Å²) in [7, 11) is 0. The second-order valence-electron chi connectivity index (χ2n) is 3.11. The Bertz CT molecular complexity index is 312. The molecule has 0 aromatic carbocycles. The van der Waals surface area contributed by atoms with E-state index in [2.05, 4.69) is 21.0 Å². The topological polar surface area (TPSA) is 44.1 Å². The van der Waals surface area contributed by atoms with Crippen LogP contribution in [0.15, 0.2) is 12.4 Å². The third-order valence-corrected chi connectivity index (χ3v) is 2.48. The summed E-state index contributed by atoms with van der Waals surface area (Å²) in [6.45, 7) is 3.02. The molecule has 0 unspecified atom stereocenters. The molecule has 0 saturated carbocycles. The van der Waals surface area contributed by atoms with E-state index in [1.54, 1.807) is 24.0 Å². The number of carbonyl (C=O) groups excluding carboxylic acids is 1. The van der Waals surface area contributed by atoms with Crippen molar-refractivity contribution in [3.05, 3.63) is 18.0 Å². The van der Waals surface area contributed by atoms with Gasteiger partial charge in [-0.1, -0.05) is 15.9 Å². The Labute approximate surface area is 97.7 Å². The van der Waals surface area contributed by atoms with E-state index in [1.807, 2.05) is 0 Å². The molecule has 4 nitrogen and oxygen atoms in total. The van der Waals surface area contributed by atoms with Gasteiger partial charge in [-0.2, -0.15) is 5.10 Å². The van der Waals surface area contributed by atoms with Crippen molar-refractivity contribution in [2.75, 3.05) is 11.9 Å². The van der Waals surface area contributed by atoms with Crippen LogP contribution in [0.25, 0.3) is 0 Å². The highest BCUT2D eigenvalue weighted by Crippen LogP contribution is 2.03. The summed E-state index contributed by atoms with van der Waals surface area (Å²) in [4.78, 5) is 11.3. The summed E-state index contributed by atoms with van der Waals surface area (Å²) < 4.78 is 6.64. The van der Waals surface area contributed by atoms with Crippen molar-refractivity contribution in [2.24, 2.45) is 0 Å². The SMILES string of the molecule is CCOC(=O)c1cnn(CCCCBr)c1. The number of aryl methyl sites for hydroxylation is 1. The Morgan fingerprint density at radius 3 is 3.07 bits per heavy atom. The lowest BCUT2D eigenvalue weighted by atomic mass is 10.3. The average molecular weight is 275 g/mol. The summed E-state index contributed by atoms with van der Waals surface area (Å²) in [6.07, 6.45) is 5.43. The van der Waals surface area contributed by atoms with E-state index in [9.17, 15) is 4.79 Å². The molecule has 0 aliphatic carbocycles. The average Bonchev–Trinajstić information content (AvgIpc) is 2.67. The van der Waals surface area contributed by atoms with Gasteiger partial charge in [0.05, 0.1) is 18.4 Å². The smallest absolute Gasteiger partial charge is 0.341 e. The third-order valence-electron chi connectivity index (χ3n) is 1.92. The van der Waals surface area contributed by atoms with Crippen LogP contribution in [0, 0.1) is 0 Å². The molecule has 0 aliphatic heterocycles. The predicted octanol–water partition coefficient (Wildman–Crippen LogP) is 2.23. The van der Waals surface area contributed by atoms with Crippen molar-refractivity contribution in [1.82, 2.24) is 9.78 Å². The summed E-state index contributed by atoms with van der Waals surface area (Å²) in [5.74, 6) is -0.302. The molecule has 5 heteroatoms. The first-order valence-electron chi connectivity index (χ1n) is 5.03. The molecule has 0 N–H and O–H groups in total. The first-order valence-corrected chi connectivity index (χ1v) is 6.15. The number of rotatable bonds is 6. The molecule has 1 aromatic rings. The fraction of sp³-hybridized carbons (Fsp3) is 0.600. The van der Waals surface area contributed by atoms with Gasteiger partial charge in [0, 0.05) is 18.1 Å². The van der Waals surface area contributed by atoms with Crippen molar-refractivity contribution in [1.29, 1.82) is 0 Å². The molecule has 1 heterocycles. The molecule has 0 fully saturated rings. The number of hydrogen-bond acceptors (Lipinski definition) is 3. The molecule has 0 spiro atoms. The number of halogens is 1. The molecule has 0 atom stereocenters. The molecular formula is C10H15BrN2O2. The van der Waals surface area contributed by atoms with Gasteiger partial charge in [-0.05, 0) is 19.8 Å². The van der Waals surface area contributed by atoms with Crippen molar-refractivity contribution >= 4 is 21.9 Å². The van der Waals surface area contributed by atoms with Gasteiger partial charge in [0.15, 0.2) is 0 Å². The highest BCUT2D eigenvalue weighted by atomic mass is 79.9. The van der Waals surface area contributed by atoms with E-state index < -0.39 is 0 Å². The van der Waals surface area contributed by atoms with E-state index in [0.29, 0.717) is 12.2 Å². The van der Waals surface area contributed by atoms with Gasteiger partial charge in [-0.25, -0.2) is 4.79 Å². The highest BCUT2D eigenvalue weighted by Gasteiger charge is 2.08. The van der Waals surface area contributed by atoms with Crippen molar-refractivity contribution in [3.8, 4) is 0 Å². The molecule has 1 aromatic heterocycles. The first kappa shape index (κ1) is 12.2. The van der Waals surface area contributed by atoms with Gasteiger partial charge in [0.25, 0.3) is 0 Å². The summed E-state index contributed by atoms with van der Waals surface area (Å²) in [6, 6.07) is 0. The van der Waals surface area contributed by atoms with E-state index in [1.165, 1.54) is 0 Å². The number of hydrogen-bond donors (Lipinski definition) is 0. The lowest BCUT2D eigenvalue weighted by molar-refractivity contribution is 0.0526. The first-order chi connectivity index (χ1) is 7.27. The number of alkyl halides is 1. The van der Waals surface area contributed by atoms with Crippen LogP contribution in [0.5, 0.6) is 0 Å². The maximum atomic E-state index is 11.3. The zero-order chi connectivity index (χ0) is 11.1. The van der Waals surface area contributed by atoms with Crippen LogP contribution in [0.3, 0.4) is 0 Å². The number of aromatic nitrogens is 2. The van der Waals surface area contributed by atoms with Crippen LogP contribution in [-0.4, -0.2) is 27.7 Å². The number of unbranched alkanes of at least 4 members (excludes halogenated alkanes) is 1. The van der Waals surface area contributed by atoms with E-state index >= 15 is 0 Å². The van der Waals surface area contributed by atoms with Crippen LogP contribution >= 0.6 is 15.9 Å². The molecular weight excluding hydrogens is 260 g/mol. The quantitative estimate of drug-likeness (QED) is 0.454. The second-order valence-corrected chi connectivity index (χ2v) is 3.90. The van der Waals surface area contributed by atoms with Gasteiger partial charge in [0.2, 0.25) is 0 Å². The minimum Gasteiger partial charge on any atom is -0.462 e. The van der Waals surface area contributed by atoms with Crippen molar-refractivity contribution in [3.63, 3.8) is 0 Å². The maximum Gasteiger partial charge on any atom is 0.341 e. The van der Waals surface area contributed by atoms with Crippen LogP contribution in [0.1, 0.15) is 30.1 Å². The van der Waals surface area contributed by atoms with E-state index in [-0.39, 0.29) is 5.97 Å². The normalized spacial score (nSPS) is 10.3. The molecule has 15 heavy (non-hydrogen) atoms. The molecule has 0 amide bonds. The van der Waals surface area contributed by atoms with Crippen LogP contribution < -0.4 is 0 Å². The highest BCUT2D eigenvalue weighted by molar-refractivity contribution is 9.09. The van der Waals surface area contributed by atoms with Gasteiger partial charge in [0.1, 0.15) is 0 Å². The monoisotopic (exact) mass is 274 g/mol. The lowest BCUT2D eigenvalue weighted by Gasteiger charge is -1.99. The fourth-order valence-electron chi connectivity index (χ4n) is 1.17. The maximum absolute atomic E-state index is 11.3. The van der Waals surface area contributed by atoms with E-state index in [4.69, 9.17) is 4.74 Å². The fourth-order valence-corrected chi connectivity index (χ4v) is 1.57. The number of nitrogens with zero attached hydrogens (tertiary/aromatic N) is 2. The second kappa shape index (κ2) is 6.61. The number of carbonyl (C=O) groups is 1. The Kier molecular flexibility index (Phi) is 5.39. The van der Waals surface area contributed by atoms with Gasteiger partial charge in [-0.3, -0.25) is 4.68 Å². The minimum absolute atomic E-state index is 0.302.